The van der Waals surface area contributed by atoms with E-state index in [9.17, 15) is 0 Å². The lowest BCUT2D eigenvalue weighted by molar-refractivity contribution is 0.669. The summed E-state index contributed by atoms with van der Waals surface area (Å²) >= 11 is 0. The van der Waals surface area contributed by atoms with Crippen molar-refractivity contribution >= 4 is 71.7 Å². The second-order valence-corrected chi connectivity index (χ2v) is 11.0. The van der Waals surface area contributed by atoms with Gasteiger partial charge in [0.05, 0.1) is 0 Å². The van der Waals surface area contributed by atoms with Gasteiger partial charge >= 0.3 is 0 Å². The van der Waals surface area contributed by atoms with Crippen LogP contribution in [0.1, 0.15) is 0 Å². The number of nitrogens with zero attached hydrogens (tertiary/aromatic N) is 1. The Bertz CT molecular complexity index is 2450. The Morgan fingerprint density at radius 3 is 1.58 bits per heavy atom. The number of anilines is 3. The number of hydrogen-bond donors (Lipinski definition) is 0. The minimum atomic E-state index is 0.860. The molecule has 2 heterocycles. The minimum absolute atomic E-state index is 0.860. The van der Waals surface area contributed by atoms with E-state index in [-0.39, 0.29) is 0 Å². The normalized spacial score (nSPS) is 11.7. The Balaban J connectivity index is 1.22. The molecule has 0 amide bonds. The zero-order valence-corrected chi connectivity index (χ0v) is 23.2. The van der Waals surface area contributed by atoms with Crippen LogP contribution in [0.5, 0.6) is 0 Å². The van der Waals surface area contributed by atoms with Crippen molar-refractivity contribution in [2.24, 2.45) is 0 Å². The van der Waals surface area contributed by atoms with Crippen LogP contribution in [0.15, 0.2) is 160 Å². The van der Waals surface area contributed by atoms with Crippen LogP contribution in [0, 0.1) is 0 Å². The topological polar surface area (TPSA) is 29.5 Å². The molecule has 0 spiro atoms. The van der Waals surface area contributed by atoms with Gasteiger partial charge in [-0.15, -0.1) is 0 Å². The molecular formula is C40H25NO2. The van der Waals surface area contributed by atoms with E-state index >= 15 is 0 Å². The lowest BCUT2D eigenvalue weighted by Gasteiger charge is -2.25. The lowest BCUT2D eigenvalue weighted by Crippen LogP contribution is -2.09. The van der Waals surface area contributed by atoms with E-state index in [1.807, 2.05) is 18.2 Å². The quantitative estimate of drug-likeness (QED) is 0.218. The molecule has 2 aromatic heterocycles. The molecule has 43 heavy (non-hydrogen) atoms. The molecule has 3 nitrogen and oxygen atoms in total. The largest absolute Gasteiger partial charge is 0.456 e. The van der Waals surface area contributed by atoms with Crippen LogP contribution in [0.3, 0.4) is 0 Å². The first-order valence-corrected chi connectivity index (χ1v) is 14.5. The van der Waals surface area contributed by atoms with E-state index in [0.29, 0.717) is 0 Å². The van der Waals surface area contributed by atoms with Crippen molar-refractivity contribution in [1.29, 1.82) is 0 Å². The van der Waals surface area contributed by atoms with E-state index in [0.717, 1.165) is 60.9 Å². The fourth-order valence-corrected chi connectivity index (χ4v) is 6.32. The molecule has 9 aromatic rings. The molecule has 0 atom stereocenters. The predicted octanol–water partition coefficient (Wildman–Crippen LogP) is 11.8. The molecule has 0 saturated carbocycles. The summed E-state index contributed by atoms with van der Waals surface area (Å²) in [6.45, 7) is 0. The SMILES string of the molecule is c1ccc(-c2ccc(N(c3ccc4c(c3)oc3ccccc34)c3ccc4c(c3)oc3cc5ccccc5cc34)cc2)cc1. The third-order valence-corrected chi connectivity index (χ3v) is 8.43. The molecule has 0 aliphatic rings. The van der Waals surface area contributed by atoms with Gasteiger partial charge in [-0.25, -0.2) is 0 Å². The first-order chi connectivity index (χ1) is 21.3. The van der Waals surface area contributed by atoms with Gasteiger partial charge in [0.15, 0.2) is 0 Å². The number of hydrogen-bond acceptors (Lipinski definition) is 3. The van der Waals surface area contributed by atoms with Crippen LogP contribution in [0.25, 0.3) is 65.8 Å². The molecular weight excluding hydrogens is 526 g/mol. The maximum Gasteiger partial charge on any atom is 0.137 e. The van der Waals surface area contributed by atoms with E-state index in [1.54, 1.807) is 0 Å². The third-order valence-electron chi connectivity index (χ3n) is 8.43. The van der Waals surface area contributed by atoms with Crippen molar-refractivity contribution in [3.63, 3.8) is 0 Å². The van der Waals surface area contributed by atoms with Gasteiger partial charge in [-0.2, -0.15) is 0 Å². The van der Waals surface area contributed by atoms with Gasteiger partial charge in [-0.1, -0.05) is 84.9 Å². The summed E-state index contributed by atoms with van der Waals surface area (Å²) in [4.78, 5) is 2.27. The third kappa shape index (κ3) is 3.90. The summed E-state index contributed by atoms with van der Waals surface area (Å²) in [6, 6.07) is 53.2. The number of rotatable bonds is 4. The van der Waals surface area contributed by atoms with Crippen LogP contribution < -0.4 is 4.90 Å². The fourth-order valence-electron chi connectivity index (χ4n) is 6.32. The van der Waals surface area contributed by atoms with Crippen molar-refractivity contribution in [1.82, 2.24) is 0 Å². The maximum absolute atomic E-state index is 6.47. The Hall–Kier alpha value is -5.80. The summed E-state index contributed by atoms with van der Waals surface area (Å²) in [6.07, 6.45) is 0. The van der Waals surface area contributed by atoms with Gasteiger partial charge in [0.25, 0.3) is 0 Å². The zero-order chi connectivity index (χ0) is 28.3. The van der Waals surface area contributed by atoms with Crippen LogP contribution in [0.2, 0.25) is 0 Å². The molecule has 0 radical (unpaired) electrons. The average molecular weight is 552 g/mol. The van der Waals surface area contributed by atoms with Gasteiger partial charge in [0.1, 0.15) is 22.3 Å². The summed E-state index contributed by atoms with van der Waals surface area (Å²) < 4.78 is 12.8. The number of benzene rings is 7. The van der Waals surface area contributed by atoms with Gasteiger partial charge in [0, 0.05) is 50.7 Å². The first kappa shape index (κ1) is 23.9. The Morgan fingerprint density at radius 1 is 0.326 bits per heavy atom. The molecule has 0 aliphatic carbocycles. The van der Waals surface area contributed by atoms with Crippen LogP contribution in [-0.2, 0) is 0 Å². The van der Waals surface area contributed by atoms with Crippen molar-refractivity contribution < 1.29 is 8.83 Å². The molecule has 9 rings (SSSR count). The molecule has 0 fully saturated rings. The van der Waals surface area contributed by atoms with Crippen molar-refractivity contribution in [3.8, 4) is 11.1 Å². The highest BCUT2D eigenvalue weighted by Crippen LogP contribution is 2.41. The minimum Gasteiger partial charge on any atom is -0.456 e. The number of para-hydroxylation sites is 1. The highest BCUT2D eigenvalue weighted by Gasteiger charge is 2.18. The molecule has 7 aromatic carbocycles. The summed E-state index contributed by atoms with van der Waals surface area (Å²) in [5.74, 6) is 0. The van der Waals surface area contributed by atoms with Gasteiger partial charge in [0.2, 0.25) is 0 Å². The van der Waals surface area contributed by atoms with E-state index in [1.165, 1.54) is 21.9 Å². The fraction of sp³-hybridized carbons (Fsp3) is 0. The smallest absolute Gasteiger partial charge is 0.137 e. The molecule has 0 saturated heterocycles. The molecule has 3 heteroatoms. The van der Waals surface area contributed by atoms with Crippen LogP contribution in [-0.4, -0.2) is 0 Å². The van der Waals surface area contributed by atoms with Crippen molar-refractivity contribution in [2.75, 3.05) is 4.90 Å². The monoisotopic (exact) mass is 551 g/mol. The Labute approximate surface area is 247 Å². The highest BCUT2D eigenvalue weighted by molar-refractivity contribution is 6.11. The van der Waals surface area contributed by atoms with E-state index in [2.05, 4.69) is 138 Å². The van der Waals surface area contributed by atoms with Crippen molar-refractivity contribution in [2.45, 2.75) is 0 Å². The summed E-state index contributed by atoms with van der Waals surface area (Å²) in [7, 11) is 0. The number of fused-ring (bicyclic) bond motifs is 7. The lowest BCUT2D eigenvalue weighted by atomic mass is 10.0. The standard InChI is InChI=1S/C40H25NO2/c1-2-8-26(9-3-1)27-14-16-30(17-15-27)41(31-18-20-34-33-12-6-7-13-37(33)42-39(34)24-31)32-19-21-35-36-22-28-10-4-5-11-29(28)23-38(36)43-40(35)25-32/h1-25H. The van der Waals surface area contributed by atoms with Crippen LogP contribution in [0.4, 0.5) is 17.1 Å². The van der Waals surface area contributed by atoms with Crippen LogP contribution >= 0.6 is 0 Å². The molecule has 202 valence electrons. The van der Waals surface area contributed by atoms with E-state index < -0.39 is 0 Å². The second-order valence-electron chi connectivity index (χ2n) is 11.0. The van der Waals surface area contributed by atoms with Gasteiger partial charge < -0.3 is 13.7 Å². The highest BCUT2D eigenvalue weighted by atomic mass is 16.3. The summed E-state index contributed by atoms with van der Waals surface area (Å²) in [5, 5.41) is 6.85. The molecule has 0 unspecified atom stereocenters. The van der Waals surface area contributed by atoms with Gasteiger partial charge in [-0.3, -0.25) is 0 Å². The summed E-state index contributed by atoms with van der Waals surface area (Å²) in [5.41, 5.74) is 8.96. The van der Waals surface area contributed by atoms with Gasteiger partial charge in [-0.05, 0) is 76.5 Å². The molecule has 0 bridgehead atoms. The van der Waals surface area contributed by atoms with Crippen molar-refractivity contribution in [3.05, 3.63) is 152 Å². The molecule has 0 aliphatic heterocycles. The predicted molar refractivity (Wildman–Crippen MR) is 179 cm³/mol. The Kier molecular flexibility index (Phi) is 5.20. The van der Waals surface area contributed by atoms with E-state index in [4.69, 9.17) is 8.83 Å². The molecule has 0 N–H and O–H groups in total. The average Bonchev–Trinajstić information content (AvgIpc) is 3.61. The Morgan fingerprint density at radius 2 is 0.837 bits per heavy atom. The number of furan rings is 2. The zero-order valence-electron chi connectivity index (χ0n) is 23.2. The second kappa shape index (κ2) is 9.37. The maximum atomic E-state index is 6.47. The first-order valence-electron chi connectivity index (χ1n) is 14.5.